The van der Waals surface area contributed by atoms with Gasteiger partial charge in [0.1, 0.15) is 20.2 Å². The van der Waals surface area contributed by atoms with Crippen molar-refractivity contribution in [3.63, 3.8) is 0 Å². The van der Waals surface area contributed by atoms with Crippen molar-refractivity contribution in [3.05, 3.63) is 0 Å². The van der Waals surface area contributed by atoms with Gasteiger partial charge in [0.2, 0.25) is 0 Å². The number of alkyl halides is 1. The zero-order chi connectivity index (χ0) is 8.91. The van der Waals surface area contributed by atoms with Crippen LogP contribution in [0.15, 0.2) is 0 Å². The summed E-state index contributed by atoms with van der Waals surface area (Å²) in [5, 5.41) is 0. The Morgan fingerprint density at radius 1 is 1.45 bits per heavy atom. The molecule has 0 bridgehead atoms. The number of hydrogen-bond donors (Lipinski definition) is 0. The fraction of sp³-hybridized carbons (Fsp3) is 0.750. The van der Waals surface area contributed by atoms with Crippen molar-refractivity contribution in [2.75, 3.05) is 6.61 Å². The fourth-order valence-electron chi connectivity index (χ4n) is 0.458. The summed E-state index contributed by atoms with van der Waals surface area (Å²) in [6, 6.07) is 0. The van der Waals surface area contributed by atoms with E-state index in [4.69, 9.17) is 16.3 Å². The van der Waals surface area contributed by atoms with Gasteiger partial charge in [-0.05, 0) is 6.92 Å². The van der Waals surface area contributed by atoms with E-state index in [1.165, 1.54) is 0 Å². The molecule has 0 saturated heterocycles. The van der Waals surface area contributed by atoms with Gasteiger partial charge in [-0.25, -0.2) is 0 Å². The Balaban J connectivity index is 3.57. The summed E-state index contributed by atoms with van der Waals surface area (Å²) in [6.45, 7) is 8.84. The molecule has 3 heteroatoms. The minimum absolute atomic E-state index is 0.231. The van der Waals surface area contributed by atoms with Crippen molar-refractivity contribution in [1.82, 2.24) is 0 Å². The van der Waals surface area contributed by atoms with Gasteiger partial charge in [-0.2, -0.15) is 0 Å². The highest BCUT2D eigenvalue weighted by Crippen LogP contribution is 1.97. The van der Waals surface area contributed by atoms with Gasteiger partial charge in [0.25, 0.3) is 0 Å². The predicted molar refractivity (Wildman–Crippen MR) is 52.4 cm³/mol. The molecule has 0 aliphatic rings. The molecule has 0 aromatic carbocycles. The molecule has 0 amide bonds. The van der Waals surface area contributed by atoms with E-state index in [9.17, 15) is 0 Å². The predicted octanol–water partition coefficient (Wildman–Crippen LogP) is 2.47. The van der Waals surface area contributed by atoms with Crippen molar-refractivity contribution in [1.29, 1.82) is 0 Å². The van der Waals surface area contributed by atoms with Crippen LogP contribution < -0.4 is 0 Å². The van der Waals surface area contributed by atoms with Gasteiger partial charge in [0.15, 0.2) is 0 Å². The summed E-state index contributed by atoms with van der Waals surface area (Å²) in [5.41, 5.74) is 2.95. The van der Waals surface area contributed by atoms with Crippen LogP contribution in [0.1, 0.15) is 6.92 Å². The first-order chi connectivity index (χ1) is 4.92. The van der Waals surface area contributed by atoms with Gasteiger partial charge in [0, 0.05) is 0 Å². The highest BCUT2D eigenvalue weighted by atomic mass is 35.5. The van der Waals surface area contributed by atoms with Gasteiger partial charge in [-0.3, -0.25) is 0 Å². The van der Waals surface area contributed by atoms with E-state index in [1.807, 2.05) is 0 Å². The lowest BCUT2D eigenvalue weighted by Crippen LogP contribution is -2.16. The molecule has 0 heterocycles. The number of halogens is 1. The molecule has 0 aromatic rings. The molecule has 0 rings (SSSR count). The molecule has 1 nitrogen and oxygen atoms in total. The third-order valence-electron chi connectivity index (χ3n) is 0.849. The van der Waals surface area contributed by atoms with Gasteiger partial charge < -0.3 is 4.74 Å². The van der Waals surface area contributed by atoms with Gasteiger partial charge in [0.05, 0.1) is 0 Å². The van der Waals surface area contributed by atoms with Gasteiger partial charge in [-0.1, -0.05) is 37.2 Å². The van der Waals surface area contributed by atoms with Crippen LogP contribution in [-0.4, -0.2) is 20.2 Å². The van der Waals surface area contributed by atoms with E-state index >= 15 is 0 Å². The molecule has 64 valence electrons. The second kappa shape index (κ2) is 4.81. The minimum Gasteiger partial charge on any atom is -0.350 e. The average Bonchev–Trinajstić information content (AvgIpc) is 1.78. The van der Waals surface area contributed by atoms with Crippen LogP contribution >= 0.6 is 11.6 Å². The third kappa shape index (κ3) is 10.0. The van der Waals surface area contributed by atoms with Crippen molar-refractivity contribution >= 4 is 19.7 Å². The van der Waals surface area contributed by atoms with E-state index < -0.39 is 8.07 Å². The van der Waals surface area contributed by atoms with E-state index in [0.29, 0.717) is 6.61 Å². The Hall–Kier alpha value is 0.0269. The summed E-state index contributed by atoms with van der Waals surface area (Å²) in [5.74, 6) is 2.96. The van der Waals surface area contributed by atoms with Crippen molar-refractivity contribution < 1.29 is 4.74 Å². The maximum atomic E-state index is 5.55. The Morgan fingerprint density at radius 2 is 2.00 bits per heavy atom. The third-order valence-corrected chi connectivity index (χ3v) is 1.90. The van der Waals surface area contributed by atoms with Gasteiger partial charge >= 0.3 is 0 Å². The maximum Gasteiger partial charge on any atom is 0.129 e. The second-order valence-corrected chi connectivity index (χ2v) is 8.77. The number of ether oxygens (including phenoxy) is 1. The highest BCUT2D eigenvalue weighted by molar-refractivity contribution is 6.83. The molecule has 0 fully saturated rings. The van der Waals surface area contributed by atoms with Crippen molar-refractivity contribution in [2.24, 2.45) is 0 Å². The lowest BCUT2D eigenvalue weighted by molar-refractivity contribution is 0.151. The van der Waals surface area contributed by atoms with Crippen LogP contribution in [0, 0.1) is 11.5 Å². The first kappa shape index (κ1) is 11.0. The Kier molecular flexibility index (Phi) is 4.83. The molecule has 0 aliphatic carbocycles. The Morgan fingerprint density at radius 3 is 2.36 bits per heavy atom. The summed E-state index contributed by atoms with van der Waals surface area (Å²) >= 11 is 5.55. The molecule has 0 N–H and O–H groups in total. The molecule has 0 aromatic heterocycles. The lowest BCUT2D eigenvalue weighted by Gasteiger charge is -2.04. The minimum atomic E-state index is -1.21. The molecule has 0 spiro atoms. The average molecular weight is 191 g/mol. The normalized spacial score (nSPS) is 13.5. The topological polar surface area (TPSA) is 9.23 Å². The second-order valence-electron chi connectivity index (χ2n) is 3.41. The summed E-state index contributed by atoms with van der Waals surface area (Å²) in [6.07, 6.45) is 0. The van der Waals surface area contributed by atoms with E-state index in [-0.39, 0.29) is 5.56 Å². The number of hydrogen-bond acceptors (Lipinski definition) is 1. The van der Waals surface area contributed by atoms with E-state index in [0.717, 1.165) is 0 Å². The van der Waals surface area contributed by atoms with Crippen LogP contribution in [0.25, 0.3) is 0 Å². The summed E-state index contributed by atoms with van der Waals surface area (Å²) < 4.78 is 5.05. The lowest BCUT2D eigenvalue weighted by atomic mass is 10.7. The molecule has 0 saturated carbocycles. The van der Waals surface area contributed by atoms with Crippen LogP contribution in [0.2, 0.25) is 19.6 Å². The SMILES string of the molecule is CC(Cl)OCC#C[Si](C)(C)C. The van der Waals surface area contributed by atoms with Gasteiger partial charge in [-0.15, -0.1) is 5.54 Å². The molecule has 0 aliphatic heterocycles. The molecule has 1 unspecified atom stereocenters. The zero-order valence-corrected chi connectivity index (χ0v) is 9.33. The molecular formula is C8H15ClOSi. The monoisotopic (exact) mass is 190 g/mol. The standard InChI is InChI=1S/C8H15ClOSi/c1-8(9)10-6-5-7-11(2,3)4/h8H,6H2,1-4H3. The van der Waals surface area contributed by atoms with E-state index in [1.54, 1.807) is 6.92 Å². The van der Waals surface area contributed by atoms with Crippen LogP contribution in [0.5, 0.6) is 0 Å². The fourth-order valence-corrected chi connectivity index (χ4v) is 1.12. The molecule has 1 atom stereocenters. The van der Waals surface area contributed by atoms with Crippen molar-refractivity contribution in [2.45, 2.75) is 32.1 Å². The van der Waals surface area contributed by atoms with Crippen LogP contribution in [0.4, 0.5) is 0 Å². The van der Waals surface area contributed by atoms with Crippen LogP contribution in [0.3, 0.4) is 0 Å². The first-order valence-corrected chi connectivity index (χ1v) is 7.61. The Labute approximate surface area is 75.1 Å². The maximum absolute atomic E-state index is 5.55. The molecule has 11 heavy (non-hydrogen) atoms. The van der Waals surface area contributed by atoms with Crippen LogP contribution in [-0.2, 0) is 4.74 Å². The quantitative estimate of drug-likeness (QED) is 0.369. The molecule has 0 radical (unpaired) electrons. The Bertz CT molecular complexity index is 161. The highest BCUT2D eigenvalue weighted by Gasteiger charge is 2.06. The van der Waals surface area contributed by atoms with E-state index in [2.05, 4.69) is 31.1 Å². The zero-order valence-electron chi connectivity index (χ0n) is 7.57. The largest absolute Gasteiger partial charge is 0.350 e. The first-order valence-electron chi connectivity index (χ1n) is 3.67. The summed E-state index contributed by atoms with van der Waals surface area (Å²) in [7, 11) is -1.21. The van der Waals surface area contributed by atoms with Crippen molar-refractivity contribution in [3.8, 4) is 11.5 Å². The molecular weight excluding hydrogens is 176 g/mol. The number of rotatable bonds is 2. The smallest absolute Gasteiger partial charge is 0.129 e. The summed E-state index contributed by atoms with van der Waals surface area (Å²) in [4.78, 5) is 0.